The van der Waals surface area contributed by atoms with E-state index in [0.29, 0.717) is 0 Å². The Kier molecular flexibility index (Phi) is 4.76. The summed E-state index contributed by atoms with van der Waals surface area (Å²) in [4.78, 5) is 0. The lowest BCUT2D eigenvalue weighted by molar-refractivity contribution is 0.314. The molecule has 1 aromatic carbocycles. The highest BCUT2D eigenvalue weighted by Crippen LogP contribution is 2.16. The second-order valence-corrected chi connectivity index (χ2v) is 4.60. The molecule has 4 nitrogen and oxygen atoms in total. The van der Waals surface area contributed by atoms with Crippen LogP contribution < -0.4 is 11.1 Å². The van der Waals surface area contributed by atoms with Crippen molar-refractivity contribution in [3.8, 4) is 0 Å². The summed E-state index contributed by atoms with van der Waals surface area (Å²) in [5.41, 5.74) is 6.65. The molecule has 0 bridgehead atoms. The Balaban J connectivity index is 2.65. The molecular formula is C11H16BrN3O. The number of amidine groups is 1. The predicted octanol–water partition coefficient (Wildman–Crippen LogP) is 2.23. The lowest BCUT2D eigenvalue weighted by atomic mass is 10.1. The maximum absolute atomic E-state index is 8.54. The fraction of sp³-hybridized carbons (Fsp3) is 0.364. The SMILES string of the molecule is CC(N[C@@H](C)c1ccc(Br)cc1)/C(N)=N/O. The molecule has 0 aliphatic heterocycles. The summed E-state index contributed by atoms with van der Waals surface area (Å²) >= 11 is 3.39. The van der Waals surface area contributed by atoms with Crippen LogP contribution in [-0.4, -0.2) is 17.1 Å². The average molecular weight is 286 g/mol. The van der Waals surface area contributed by atoms with Crippen LogP contribution in [0, 0.1) is 0 Å². The predicted molar refractivity (Wildman–Crippen MR) is 68.6 cm³/mol. The highest BCUT2D eigenvalue weighted by molar-refractivity contribution is 9.10. The van der Waals surface area contributed by atoms with Gasteiger partial charge in [-0.25, -0.2) is 0 Å². The van der Waals surface area contributed by atoms with Gasteiger partial charge in [-0.1, -0.05) is 33.2 Å². The Morgan fingerprint density at radius 3 is 2.44 bits per heavy atom. The number of benzene rings is 1. The zero-order valence-electron chi connectivity index (χ0n) is 9.31. The number of nitrogens with one attached hydrogen (secondary N) is 1. The molecular weight excluding hydrogens is 270 g/mol. The smallest absolute Gasteiger partial charge is 0.156 e. The molecule has 1 rings (SSSR count). The van der Waals surface area contributed by atoms with Crippen molar-refractivity contribution < 1.29 is 5.21 Å². The van der Waals surface area contributed by atoms with E-state index in [1.165, 1.54) is 0 Å². The number of halogens is 1. The number of hydrogen-bond acceptors (Lipinski definition) is 3. The molecule has 1 unspecified atom stereocenters. The van der Waals surface area contributed by atoms with Crippen LogP contribution in [0.25, 0.3) is 0 Å². The molecule has 0 spiro atoms. The van der Waals surface area contributed by atoms with Crippen LogP contribution in [0.2, 0.25) is 0 Å². The second-order valence-electron chi connectivity index (χ2n) is 3.69. The van der Waals surface area contributed by atoms with Crippen LogP contribution >= 0.6 is 15.9 Å². The summed E-state index contributed by atoms with van der Waals surface area (Å²) in [5, 5.41) is 14.8. The van der Waals surface area contributed by atoms with Gasteiger partial charge < -0.3 is 16.3 Å². The van der Waals surface area contributed by atoms with E-state index in [1.807, 2.05) is 38.1 Å². The number of oxime groups is 1. The molecule has 0 aromatic heterocycles. The molecule has 0 amide bonds. The summed E-state index contributed by atoms with van der Waals surface area (Å²) in [6.07, 6.45) is 0. The Morgan fingerprint density at radius 1 is 1.38 bits per heavy atom. The van der Waals surface area contributed by atoms with Gasteiger partial charge in [-0.2, -0.15) is 0 Å². The average Bonchev–Trinajstić information content (AvgIpc) is 2.28. The Morgan fingerprint density at radius 2 is 1.94 bits per heavy atom. The van der Waals surface area contributed by atoms with Crippen LogP contribution in [0.5, 0.6) is 0 Å². The van der Waals surface area contributed by atoms with Gasteiger partial charge in [-0.05, 0) is 31.5 Å². The van der Waals surface area contributed by atoms with Crippen LogP contribution in [0.3, 0.4) is 0 Å². The molecule has 4 N–H and O–H groups in total. The van der Waals surface area contributed by atoms with E-state index in [2.05, 4.69) is 26.4 Å². The number of hydrogen-bond donors (Lipinski definition) is 3. The molecule has 0 heterocycles. The highest BCUT2D eigenvalue weighted by Gasteiger charge is 2.12. The van der Waals surface area contributed by atoms with E-state index in [-0.39, 0.29) is 17.9 Å². The molecule has 0 saturated carbocycles. The van der Waals surface area contributed by atoms with E-state index in [0.717, 1.165) is 10.0 Å². The third-order valence-electron chi connectivity index (χ3n) is 2.43. The van der Waals surface area contributed by atoms with Crippen molar-refractivity contribution in [3.63, 3.8) is 0 Å². The first kappa shape index (κ1) is 13.0. The number of rotatable bonds is 4. The Bertz CT molecular complexity index is 364. The summed E-state index contributed by atoms with van der Waals surface area (Å²) < 4.78 is 1.05. The Labute approximate surface area is 104 Å². The lowest BCUT2D eigenvalue weighted by Gasteiger charge is -2.19. The minimum Gasteiger partial charge on any atom is -0.409 e. The van der Waals surface area contributed by atoms with E-state index in [1.54, 1.807) is 0 Å². The van der Waals surface area contributed by atoms with Gasteiger partial charge >= 0.3 is 0 Å². The first-order valence-electron chi connectivity index (χ1n) is 5.03. The van der Waals surface area contributed by atoms with Gasteiger partial charge in [0.05, 0.1) is 6.04 Å². The van der Waals surface area contributed by atoms with E-state index in [4.69, 9.17) is 10.9 Å². The summed E-state index contributed by atoms with van der Waals surface area (Å²) in [6.45, 7) is 3.88. The highest BCUT2D eigenvalue weighted by atomic mass is 79.9. The van der Waals surface area contributed by atoms with Gasteiger partial charge in [0.25, 0.3) is 0 Å². The van der Waals surface area contributed by atoms with Gasteiger partial charge in [0.2, 0.25) is 0 Å². The maximum Gasteiger partial charge on any atom is 0.156 e. The van der Waals surface area contributed by atoms with Gasteiger partial charge in [0.1, 0.15) is 0 Å². The van der Waals surface area contributed by atoms with Crippen LogP contribution in [0.4, 0.5) is 0 Å². The van der Waals surface area contributed by atoms with Gasteiger partial charge in [0, 0.05) is 10.5 Å². The van der Waals surface area contributed by atoms with Crippen molar-refractivity contribution in [2.75, 3.05) is 0 Å². The Hall–Kier alpha value is -1.07. The molecule has 5 heteroatoms. The molecule has 0 saturated heterocycles. The minimum atomic E-state index is -0.163. The summed E-state index contributed by atoms with van der Waals surface area (Å²) in [7, 11) is 0. The fourth-order valence-electron chi connectivity index (χ4n) is 1.39. The zero-order chi connectivity index (χ0) is 12.1. The lowest BCUT2D eigenvalue weighted by Crippen LogP contribution is -2.40. The topological polar surface area (TPSA) is 70.6 Å². The van der Waals surface area contributed by atoms with Gasteiger partial charge in [0.15, 0.2) is 5.84 Å². The van der Waals surface area contributed by atoms with Crippen LogP contribution in [0.15, 0.2) is 33.9 Å². The van der Waals surface area contributed by atoms with Crippen molar-refractivity contribution >= 4 is 21.8 Å². The van der Waals surface area contributed by atoms with Gasteiger partial charge in [-0.15, -0.1) is 0 Å². The maximum atomic E-state index is 8.54. The number of nitrogens with zero attached hydrogens (tertiary/aromatic N) is 1. The molecule has 1 aromatic rings. The largest absolute Gasteiger partial charge is 0.409 e. The normalized spacial score (nSPS) is 15.8. The monoisotopic (exact) mass is 285 g/mol. The quantitative estimate of drug-likeness (QED) is 0.344. The van der Waals surface area contributed by atoms with Gasteiger partial charge in [-0.3, -0.25) is 0 Å². The van der Waals surface area contributed by atoms with Crippen LogP contribution in [-0.2, 0) is 0 Å². The van der Waals surface area contributed by atoms with Crippen molar-refractivity contribution in [3.05, 3.63) is 34.3 Å². The summed E-state index contributed by atoms with van der Waals surface area (Å²) in [5.74, 6) is 0.184. The van der Waals surface area contributed by atoms with Crippen molar-refractivity contribution in [1.29, 1.82) is 0 Å². The minimum absolute atomic E-state index is 0.142. The fourth-order valence-corrected chi connectivity index (χ4v) is 1.66. The van der Waals surface area contributed by atoms with Crippen LogP contribution in [0.1, 0.15) is 25.5 Å². The van der Waals surface area contributed by atoms with Crippen molar-refractivity contribution in [1.82, 2.24) is 5.32 Å². The summed E-state index contributed by atoms with van der Waals surface area (Å²) in [6, 6.07) is 8.01. The molecule has 88 valence electrons. The van der Waals surface area contributed by atoms with Crippen molar-refractivity contribution in [2.24, 2.45) is 10.9 Å². The molecule has 16 heavy (non-hydrogen) atoms. The number of nitrogens with two attached hydrogens (primary N) is 1. The van der Waals surface area contributed by atoms with E-state index < -0.39 is 0 Å². The zero-order valence-corrected chi connectivity index (χ0v) is 10.9. The van der Waals surface area contributed by atoms with E-state index in [9.17, 15) is 0 Å². The second kappa shape index (κ2) is 5.86. The molecule has 0 fully saturated rings. The third kappa shape index (κ3) is 3.50. The molecule has 0 aliphatic carbocycles. The standard InChI is InChI=1S/C11H16BrN3O/c1-7(14-8(2)11(13)15-16)9-3-5-10(12)6-4-9/h3-8,14,16H,1-2H3,(H2,13,15)/t7-,8?/m0/s1. The van der Waals surface area contributed by atoms with E-state index >= 15 is 0 Å². The molecule has 0 aliphatic rings. The molecule has 2 atom stereocenters. The van der Waals surface area contributed by atoms with Crippen molar-refractivity contribution in [2.45, 2.75) is 25.9 Å². The first-order chi connectivity index (χ1) is 7.54. The third-order valence-corrected chi connectivity index (χ3v) is 2.96. The first-order valence-corrected chi connectivity index (χ1v) is 5.83. The molecule has 0 radical (unpaired) electrons.